The van der Waals surface area contributed by atoms with Crippen molar-refractivity contribution in [1.29, 1.82) is 0 Å². The minimum atomic E-state index is 0.0935. The zero-order valence-corrected chi connectivity index (χ0v) is 14.9. The Morgan fingerprint density at radius 3 is 2.50 bits per heavy atom. The molecule has 2 aliphatic rings. The summed E-state index contributed by atoms with van der Waals surface area (Å²) in [5.41, 5.74) is 1.19. The van der Waals surface area contributed by atoms with Crippen LogP contribution in [0.15, 0.2) is 24.3 Å². The highest BCUT2D eigenvalue weighted by Gasteiger charge is 2.28. The van der Waals surface area contributed by atoms with Crippen LogP contribution in [0.25, 0.3) is 0 Å². The van der Waals surface area contributed by atoms with Gasteiger partial charge >= 0.3 is 0 Å². The number of amides is 1. The fraction of sp³-hybridized carbons (Fsp3) is 0.632. The van der Waals surface area contributed by atoms with E-state index in [1.54, 1.807) is 0 Å². The Hall–Kier alpha value is -1.59. The van der Waals surface area contributed by atoms with Gasteiger partial charge in [-0.25, -0.2) is 0 Å². The zero-order chi connectivity index (χ0) is 16.9. The molecule has 0 saturated carbocycles. The number of rotatable bonds is 4. The monoisotopic (exact) mass is 331 g/mol. The van der Waals surface area contributed by atoms with Gasteiger partial charge in [0.1, 0.15) is 5.75 Å². The Labute approximate surface area is 145 Å². The molecule has 0 spiro atoms. The van der Waals surface area contributed by atoms with Gasteiger partial charge in [0.25, 0.3) is 5.91 Å². The topological polar surface area (TPSA) is 36.0 Å². The minimum absolute atomic E-state index is 0.0935. The van der Waals surface area contributed by atoms with Crippen LogP contribution in [0.1, 0.15) is 18.4 Å². The summed E-state index contributed by atoms with van der Waals surface area (Å²) >= 11 is 0. The van der Waals surface area contributed by atoms with Gasteiger partial charge in [0.2, 0.25) is 0 Å². The Balaban J connectivity index is 1.42. The Morgan fingerprint density at radius 2 is 1.83 bits per heavy atom. The number of nitrogens with zero attached hydrogens (tertiary/aromatic N) is 3. The molecular formula is C19H29N3O2. The maximum Gasteiger partial charge on any atom is 0.260 e. The highest BCUT2D eigenvalue weighted by Crippen LogP contribution is 2.17. The number of hydrogen-bond donors (Lipinski definition) is 0. The van der Waals surface area contributed by atoms with Gasteiger partial charge in [0.05, 0.1) is 0 Å². The third-order valence-corrected chi connectivity index (χ3v) is 5.17. The summed E-state index contributed by atoms with van der Waals surface area (Å²) in [5.74, 6) is 0.855. The lowest BCUT2D eigenvalue weighted by molar-refractivity contribution is -0.135. The van der Waals surface area contributed by atoms with E-state index in [0.717, 1.165) is 38.5 Å². The third-order valence-electron chi connectivity index (χ3n) is 5.17. The summed E-state index contributed by atoms with van der Waals surface area (Å²) in [6.45, 7) is 8.14. The number of benzene rings is 1. The first-order valence-corrected chi connectivity index (χ1v) is 9.01. The van der Waals surface area contributed by atoms with Crippen LogP contribution in [0.5, 0.6) is 5.75 Å². The first kappa shape index (κ1) is 17.2. The molecule has 2 fully saturated rings. The maximum absolute atomic E-state index is 12.3. The van der Waals surface area contributed by atoms with Crippen molar-refractivity contribution in [3.05, 3.63) is 29.8 Å². The van der Waals surface area contributed by atoms with Gasteiger partial charge in [-0.3, -0.25) is 9.69 Å². The first-order valence-electron chi connectivity index (χ1n) is 9.01. The summed E-state index contributed by atoms with van der Waals surface area (Å²) in [5, 5.41) is 0. The number of hydrogen-bond acceptors (Lipinski definition) is 4. The van der Waals surface area contributed by atoms with Gasteiger partial charge in [-0.15, -0.1) is 0 Å². The normalized spacial score (nSPS) is 23.2. The molecule has 5 nitrogen and oxygen atoms in total. The van der Waals surface area contributed by atoms with Crippen LogP contribution in [-0.2, 0) is 4.79 Å². The summed E-state index contributed by atoms with van der Waals surface area (Å²) < 4.78 is 5.62. The quantitative estimate of drug-likeness (QED) is 0.840. The lowest BCUT2D eigenvalue weighted by Crippen LogP contribution is -2.56. The van der Waals surface area contributed by atoms with Crippen LogP contribution in [0.3, 0.4) is 0 Å². The maximum atomic E-state index is 12.3. The summed E-state index contributed by atoms with van der Waals surface area (Å²) in [7, 11) is 2.20. The number of likely N-dealkylation sites (N-methyl/N-ethyl adjacent to an activating group) is 1. The number of carbonyl (C=O) groups is 1. The fourth-order valence-corrected chi connectivity index (χ4v) is 3.64. The van der Waals surface area contributed by atoms with Crippen molar-refractivity contribution in [2.45, 2.75) is 25.8 Å². The predicted octanol–water partition coefficient (Wildman–Crippen LogP) is 1.61. The van der Waals surface area contributed by atoms with Gasteiger partial charge in [-0.2, -0.15) is 0 Å². The number of aryl methyl sites for hydroxylation is 1. The number of likely N-dealkylation sites (tertiary alicyclic amines) is 1. The van der Waals surface area contributed by atoms with E-state index in [-0.39, 0.29) is 12.5 Å². The van der Waals surface area contributed by atoms with E-state index in [1.807, 2.05) is 36.1 Å². The van der Waals surface area contributed by atoms with Gasteiger partial charge in [-0.1, -0.05) is 17.7 Å². The summed E-state index contributed by atoms with van der Waals surface area (Å²) in [6, 6.07) is 8.49. The Morgan fingerprint density at radius 1 is 1.12 bits per heavy atom. The van der Waals surface area contributed by atoms with E-state index in [9.17, 15) is 4.79 Å². The molecule has 3 rings (SSSR count). The Kier molecular flexibility index (Phi) is 5.74. The number of ether oxygens (including phenoxy) is 1. The van der Waals surface area contributed by atoms with Gasteiger partial charge < -0.3 is 14.5 Å². The van der Waals surface area contributed by atoms with Gasteiger partial charge in [-0.05, 0) is 45.5 Å². The average molecular weight is 331 g/mol. The Bertz CT molecular complexity index is 538. The summed E-state index contributed by atoms with van der Waals surface area (Å²) in [4.78, 5) is 19.3. The lowest BCUT2D eigenvalue weighted by atomic mass is 10.0. The molecule has 1 aromatic rings. The average Bonchev–Trinajstić information content (AvgIpc) is 2.61. The van der Waals surface area contributed by atoms with Crippen molar-refractivity contribution in [2.75, 3.05) is 52.9 Å². The van der Waals surface area contributed by atoms with E-state index in [0.29, 0.717) is 6.04 Å². The molecular weight excluding hydrogens is 302 g/mol. The largest absolute Gasteiger partial charge is 0.484 e. The van der Waals surface area contributed by atoms with Crippen LogP contribution in [0.2, 0.25) is 0 Å². The van der Waals surface area contributed by atoms with E-state index in [1.165, 1.54) is 24.9 Å². The molecule has 0 aliphatic carbocycles. The van der Waals surface area contributed by atoms with Crippen molar-refractivity contribution < 1.29 is 9.53 Å². The van der Waals surface area contributed by atoms with Gasteiger partial charge in [0.15, 0.2) is 6.61 Å². The van der Waals surface area contributed by atoms with E-state index in [4.69, 9.17) is 4.74 Å². The van der Waals surface area contributed by atoms with Crippen LogP contribution < -0.4 is 4.74 Å². The molecule has 1 amide bonds. The molecule has 132 valence electrons. The number of carbonyl (C=O) groups excluding carboxylic acids is 1. The molecule has 0 bridgehead atoms. The molecule has 0 aromatic heterocycles. The first-order chi connectivity index (χ1) is 11.6. The third kappa shape index (κ3) is 4.48. The smallest absolute Gasteiger partial charge is 0.260 e. The fourth-order valence-electron chi connectivity index (χ4n) is 3.64. The lowest BCUT2D eigenvalue weighted by Gasteiger charge is -2.42. The number of piperazine rings is 1. The summed E-state index contributed by atoms with van der Waals surface area (Å²) in [6.07, 6.45) is 2.57. The van der Waals surface area contributed by atoms with Crippen molar-refractivity contribution in [1.82, 2.24) is 14.7 Å². The standard InChI is InChI=1S/C19H29N3O2/c1-16-5-7-18(8-6-16)24-15-19(23)22-12-10-21(11-13-22)17-4-3-9-20(2)14-17/h5-8,17H,3-4,9-15H2,1-2H3. The van der Waals surface area contributed by atoms with Crippen LogP contribution in [0, 0.1) is 6.92 Å². The van der Waals surface area contributed by atoms with Gasteiger partial charge in [0, 0.05) is 38.8 Å². The highest BCUT2D eigenvalue weighted by atomic mass is 16.5. The molecule has 1 atom stereocenters. The molecule has 2 saturated heterocycles. The second kappa shape index (κ2) is 7.99. The number of piperidine rings is 1. The molecule has 2 aliphatic heterocycles. The molecule has 1 aromatic carbocycles. The predicted molar refractivity (Wildman–Crippen MR) is 95.3 cm³/mol. The highest BCUT2D eigenvalue weighted by molar-refractivity contribution is 5.77. The van der Waals surface area contributed by atoms with Crippen LogP contribution in [-0.4, -0.2) is 79.6 Å². The molecule has 5 heteroatoms. The second-order valence-electron chi connectivity index (χ2n) is 7.08. The van der Waals surface area contributed by atoms with Crippen molar-refractivity contribution in [3.8, 4) is 5.75 Å². The van der Waals surface area contributed by atoms with E-state index in [2.05, 4.69) is 16.8 Å². The van der Waals surface area contributed by atoms with Crippen LogP contribution >= 0.6 is 0 Å². The van der Waals surface area contributed by atoms with E-state index < -0.39 is 0 Å². The molecule has 2 heterocycles. The second-order valence-corrected chi connectivity index (χ2v) is 7.08. The van der Waals surface area contributed by atoms with E-state index >= 15 is 0 Å². The molecule has 0 radical (unpaired) electrons. The van der Waals surface area contributed by atoms with Crippen molar-refractivity contribution >= 4 is 5.91 Å². The molecule has 24 heavy (non-hydrogen) atoms. The SMILES string of the molecule is Cc1ccc(OCC(=O)N2CCN(C3CCCN(C)C3)CC2)cc1. The van der Waals surface area contributed by atoms with Crippen molar-refractivity contribution in [3.63, 3.8) is 0 Å². The molecule has 0 N–H and O–H groups in total. The molecule has 1 unspecified atom stereocenters. The zero-order valence-electron chi connectivity index (χ0n) is 14.9. The van der Waals surface area contributed by atoms with Crippen LogP contribution in [0.4, 0.5) is 0 Å². The van der Waals surface area contributed by atoms with Crippen molar-refractivity contribution in [2.24, 2.45) is 0 Å². The minimum Gasteiger partial charge on any atom is -0.484 e.